The molecule has 1 atom stereocenters. The normalized spacial score (nSPS) is 12.2. The van der Waals surface area contributed by atoms with E-state index in [9.17, 15) is 4.79 Å². The minimum Gasteiger partial charge on any atom is -0.355 e. The zero-order valence-corrected chi connectivity index (χ0v) is 9.71. The molecule has 0 fully saturated rings. The first-order valence-corrected chi connectivity index (χ1v) is 5.48. The maximum atomic E-state index is 11.3. The van der Waals surface area contributed by atoms with Crippen LogP contribution >= 0.6 is 0 Å². The average Bonchev–Trinajstić information content (AvgIpc) is 2.29. The molecule has 1 N–H and O–H groups in total. The Balaban J connectivity index is 2.68. The average molecular weight is 205 g/mol. The second-order valence-electron chi connectivity index (χ2n) is 3.99. The Morgan fingerprint density at radius 3 is 2.40 bits per heavy atom. The first-order valence-electron chi connectivity index (χ1n) is 5.48. The summed E-state index contributed by atoms with van der Waals surface area (Å²) in [6, 6.07) is 7.85. The summed E-state index contributed by atoms with van der Waals surface area (Å²) in [7, 11) is 1.65. The van der Waals surface area contributed by atoms with Gasteiger partial charge in [-0.1, -0.05) is 32.4 Å². The Kier molecular flexibility index (Phi) is 4.35. The maximum absolute atomic E-state index is 11.3. The monoisotopic (exact) mass is 205 g/mol. The minimum atomic E-state index is -0.0231. The van der Waals surface area contributed by atoms with Gasteiger partial charge in [-0.3, -0.25) is 4.79 Å². The molecule has 1 unspecified atom stereocenters. The van der Waals surface area contributed by atoms with Gasteiger partial charge < -0.3 is 5.32 Å². The van der Waals surface area contributed by atoms with Crippen LogP contribution in [-0.4, -0.2) is 13.0 Å². The van der Waals surface area contributed by atoms with E-state index in [1.807, 2.05) is 24.3 Å². The molecule has 2 nitrogen and oxygen atoms in total. The first kappa shape index (κ1) is 11.8. The molecule has 0 aliphatic rings. The number of benzene rings is 1. The van der Waals surface area contributed by atoms with Crippen LogP contribution in [0.5, 0.6) is 0 Å². The third-order valence-electron chi connectivity index (χ3n) is 2.72. The molecule has 0 aliphatic carbocycles. The molecule has 1 rings (SSSR count). The van der Waals surface area contributed by atoms with Crippen molar-refractivity contribution in [3.05, 3.63) is 35.4 Å². The van der Waals surface area contributed by atoms with E-state index in [-0.39, 0.29) is 5.91 Å². The fraction of sp³-hybridized carbons (Fsp3) is 0.462. The fourth-order valence-corrected chi connectivity index (χ4v) is 1.48. The zero-order valence-electron chi connectivity index (χ0n) is 9.71. The molecule has 2 heteroatoms. The second-order valence-corrected chi connectivity index (χ2v) is 3.99. The number of carbonyl (C=O) groups is 1. The lowest BCUT2D eigenvalue weighted by molar-refractivity contribution is 0.0963. The van der Waals surface area contributed by atoms with Crippen LogP contribution in [0.1, 0.15) is 36.2 Å². The van der Waals surface area contributed by atoms with Gasteiger partial charge in [-0.25, -0.2) is 0 Å². The summed E-state index contributed by atoms with van der Waals surface area (Å²) >= 11 is 0. The Bertz CT molecular complexity index is 316. The minimum absolute atomic E-state index is 0.0231. The maximum Gasteiger partial charge on any atom is 0.251 e. The molecule has 0 spiro atoms. The van der Waals surface area contributed by atoms with Gasteiger partial charge >= 0.3 is 0 Å². The van der Waals surface area contributed by atoms with Crippen LogP contribution < -0.4 is 5.32 Å². The summed E-state index contributed by atoms with van der Waals surface area (Å²) in [4.78, 5) is 11.3. The highest BCUT2D eigenvalue weighted by atomic mass is 16.1. The zero-order chi connectivity index (χ0) is 11.3. The molecular weight excluding hydrogens is 186 g/mol. The number of nitrogens with one attached hydrogen (secondary N) is 1. The third kappa shape index (κ3) is 3.39. The molecule has 0 bridgehead atoms. The SMILES string of the molecule is CCC(C)Cc1ccc(C(=O)NC)cc1. The number of hydrogen-bond acceptors (Lipinski definition) is 1. The summed E-state index contributed by atoms with van der Waals surface area (Å²) in [5.74, 6) is 0.681. The molecule has 1 aromatic carbocycles. The van der Waals surface area contributed by atoms with Crippen LogP contribution in [0.2, 0.25) is 0 Å². The van der Waals surface area contributed by atoms with Gasteiger partial charge in [0.25, 0.3) is 5.91 Å². The third-order valence-corrected chi connectivity index (χ3v) is 2.72. The van der Waals surface area contributed by atoms with Crippen LogP contribution in [0.25, 0.3) is 0 Å². The van der Waals surface area contributed by atoms with E-state index in [4.69, 9.17) is 0 Å². The van der Waals surface area contributed by atoms with Crippen molar-refractivity contribution in [1.29, 1.82) is 0 Å². The summed E-state index contributed by atoms with van der Waals surface area (Å²) < 4.78 is 0. The summed E-state index contributed by atoms with van der Waals surface area (Å²) in [5.41, 5.74) is 2.03. The van der Waals surface area contributed by atoms with Crippen molar-refractivity contribution in [2.45, 2.75) is 26.7 Å². The number of amides is 1. The van der Waals surface area contributed by atoms with E-state index < -0.39 is 0 Å². The molecule has 0 aromatic heterocycles. The highest BCUT2D eigenvalue weighted by Crippen LogP contribution is 2.12. The number of rotatable bonds is 4. The molecule has 15 heavy (non-hydrogen) atoms. The van der Waals surface area contributed by atoms with Crippen molar-refractivity contribution in [3.8, 4) is 0 Å². The van der Waals surface area contributed by atoms with Crippen molar-refractivity contribution >= 4 is 5.91 Å². The highest BCUT2D eigenvalue weighted by Gasteiger charge is 2.04. The molecule has 0 saturated carbocycles. The van der Waals surface area contributed by atoms with Gasteiger partial charge in [0.05, 0.1) is 0 Å². The molecule has 0 heterocycles. The second kappa shape index (κ2) is 5.54. The van der Waals surface area contributed by atoms with Gasteiger partial charge in [0, 0.05) is 12.6 Å². The van der Waals surface area contributed by atoms with Crippen LogP contribution in [-0.2, 0) is 6.42 Å². The smallest absolute Gasteiger partial charge is 0.251 e. The Morgan fingerprint density at radius 2 is 1.93 bits per heavy atom. The molecule has 1 amide bonds. The topological polar surface area (TPSA) is 29.1 Å². The van der Waals surface area contributed by atoms with Crippen LogP contribution in [0.15, 0.2) is 24.3 Å². The van der Waals surface area contributed by atoms with Gasteiger partial charge in [0.15, 0.2) is 0 Å². The molecule has 0 saturated heterocycles. The van der Waals surface area contributed by atoms with Crippen LogP contribution in [0.4, 0.5) is 0 Å². The summed E-state index contributed by atoms with van der Waals surface area (Å²) in [5, 5.41) is 2.61. The molecule has 82 valence electrons. The molecular formula is C13H19NO. The van der Waals surface area contributed by atoms with E-state index >= 15 is 0 Å². The van der Waals surface area contributed by atoms with Crippen molar-refractivity contribution in [2.24, 2.45) is 5.92 Å². The lowest BCUT2D eigenvalue weighted by Crippen LogP contribution is -2.17. The first-order chi connectivity index (χ1) is 7.17. The van der Waals surface area contributed by atoms with E-state index in [0.717, 1.165) is 12.0 Å². The Hall–Kier alpha value is -1.31. The standard InChI is InChI=1S/C13H19NO/c1-4-10(2)9-11-5-7-12(8-6-11)13(15)14-3/h5-8,10H,4,9H2,1-3H3,(H,14,15). The lowest BCUT2D eigenvalue weighted by atomic mass is 9.98. The molecule has 1 aromatic rings. The van der Waals surface area contributed by atoms with Gasteiger partial charge in [-0.2, -0.15) is 0 Å². The van der Waals surface area contributed by atoms with Crippen molar-refractivity contribution < 1.29 is 4.79 Å². The molecule has 0 radical (unpaired) electrons. The Labute approximate surface area is 91.7 Å². The van der Waals surface area contributed by atoms with Gasteiger partial charge in [-0.05, 0) is 30.0 Å². The van der Waals surface area contributed by atoms with Gasteiger partial charge in [0.2, 0.25) is 0 Å². The predicted octanol–water partition coefficient (Wildman–Crippen LogP) is 2.63. The van der Waals surface area contributed by atoms with Crippen LogP contribution in [0.3, 0.4) is 0 Å². The summed E-state index contributed by atoms with van der Waals surface area (Å²) in [6.45, 7) is 4.44. The van der Waals surface area contributed by atoms with Gasteiger partial charge in [-0.15, -0.1) is 0 Å². The van der Waals surface area contributed by atoms with E-state index in [2.05, 4.69) is 19.2 Å². The van der Waals surface area contributed by atoms with E-state index in [1.54, 1.807) is 7.05 Å². The fourth-order valence-electron chi connectivity index (χ4n) is 1.48. The van der Waals surface area contributed by atoms with Crippen molar-refractivity contribution in [2.75, 3.05) is 7.05 Å². The van der Waals surface area contributed by atoms with Gasteiger partial charge in [0.1, 0.15) is 0 Å². The number of carbonyl (C=O) groups excluding carboxylic acids is 1. The predicted molar refractivity (Wildman–Crippen MR) is 63.0 cm³/mol. The summed E-state index contributed by atoms with van der Waals surface area (Å²) in [6.07, 6.45) is 2.28. The number of hydrogen-bond donors (Lipinski definition) is 1. The van der Waals surface area contributed by atoms with E-state index in [1.165, 1.54) is 12.0 Å². The van der Waals surface area contributed by atoms with Crippen LogP contribution in [0, 0.1) is 5.92 Å². The lowest BCUT2D eigenvalue weighted by Gasteiger charge is -2.08. The quantitative estimate of drug-likeness (QED) is 0.804. The Morgan fingerprint density at radius 1 is 1.33 bits per heavy atom. The highest BCUT2D eigenvalue weighted by molar-refractivity contribution is 5.93. The van der Waals surface area contributed by atoms with E-state index in [0.29, 0.717) is 5.92 Å². The largest absolute Gasteiger partial charge is 0.355 e. The van der Waals surface area contributed by atoms with Crippen molar-refractivity contribution in [3.63, 3.8) is 0 Å². The molecule has 0 aliphatic heterocycles. The van der Waals surface area contributed by atoms with Crippen molar-refractivity contribution in [1.82, 2.24) is 5.32 Å².